The minimum Gasteiger partial charge on any atom is -0.497 e. The number of Topliss-reactive ketones (excluding diaryl/α,β-unsaturated/α-hetero) is 1. The van der Waals surface area contributed by atoms with Crippen molar-refractivity contribution in [3.63, 3.8) is 0 Å². The molecular weight excluding hydrogens is 1390 g/mol. The number of H-pyrrole nitrogens is 3. The SMILES string of the molecule is COc1ccc(C[C@@H]2NC(=O)[C@H](Cc3cnc[nH]3)NC(=O)[C@H](CC(=O)O)NC(=O)[C@H](Cc3c[nH]c4ccc(F)cc34)NC(=O)[C@H](Cc3c[nH]c4ccc(F)cc34)NC(=O)[C@@H](C)NC(=O)[C@H](CCC(=O)COCCN)NC(=O)CCSCc3cccc(c3)CSCCNC(=O)[C@]3(C)CCCN3C2=O)cc1. The van der Waals surface area contributed by atoms with Crippen LogP contribution in [0.3, 0.4) is 0 Å². The Hall–Kier alpha value is -10.2. The summed E-state index contributed by atoms with van der Waals surface area (Å²) in [6.45, 7) is 3.28. The maximum atomic E-state index is 15.2. The Morgan fingerprint density at radius 2 is 1.25 bits per heavy atom. The number of carboxylic acids is 1. The molecule has 2 aliphatic heterocycles. The standard InChI is InChI=1S/C72H86F2N14O14S2/c1-41-64(93)83-57(28-45-34-78-54-15-10-47(73)30-52(45)54)66(95)84-58(29-46-35-79-55-16-11-48(74)31-53(46)55)67(96)86-60(33-63(91)92)69(98)85-59(32-49-36-76-40-80-49)68(97)87-61(27-42-8-13-51(101-3)14-9-42)70(99)88-22-5-19-72(88,2)71(100)77-21-25-104-39-44-7-4-6-43(26-44)38-103-24-18-62(90)82-56(65(94)81-41)17-12-50(89)37-102-23-20-75/h4,6-11,13-16,26,30-31,34-36,40-41,56-61,78-79H,5,12,17-25,27-29,32-33,37-39,75H2,1-3H3,(H,76,80)(H,77,100)(H,81,94)(H,82,90)(H,83,93)(H,84,95)(H,85,98)(H,86,96)(H,87,97)(H,91,92)/t41-,56+,57+,58+,59+,60+,61+,72+/m1/s1. The summed E-state index contributed by atoms with van der Waals surface area (Å²) in [5.41, 5.74) is 8.40. The van der Waals surface area contributed by atoms with Gasteiger partial charge in [0.15, 0.2) is 5.78 Å². The van der Waals surface area contributed by atoms with Crippen LogP contribution >= 0.6 is 23.5 Å². The summed E-state index contributed by atoms with van der Waals surface area (Å²) < 4.78 is 40.7. The number of benzene rings is 4. The molecule has 3 aromatic heterocycles. The number of aromatic amines is 3. The summed E-state index contributed by atoms with van der Waals surface area (Å²) in [6.07, 6.45) is 3.37. The van der Waals surface area contributed by atoms with Crippen molar-refractivity contribution < 1.29 is 76.1 Å². The number of hydrogen-bond donors (Lipinski definition) is 13. The number of ketones is 1. The number of nitrogens with two attached hydrogens (primary N) is 1. The van der Waals surface area contributed by atoms with Gasteiger partial charge in [-0.05, 0) is 109 Å². The van der Waals surface area contributed by atoms with Crippen LogP contribution in [0.25, 0.3) is 21.8 Å². The number of nitrogens with one attached hydrogen (secondary N) is 11. The van der Waals surface area contributed by atoms with E-state index < -0.39 is 144 Å². The molecule has 2 aliphatic rings. The van der Waals surface area contributed by atoms with Gasteiger partial charge in [-0.25, -0.2) is 13.8 Å². The lowest BCUT2D eigenvalue weighted by molar-refractivity contribution is -0.146. The zero-order chi connectivity index (χ0) is 74.5. The molecule has 32 heteroatoms. The van der Waals surface area contributed by atoms with E-state index in [0.717, 1.165) is 11.1 Å². The predicted molar refractivity (Wildman–Crippen MR) is 384 cm³/mol. The maximum absolute atomic E-state index is 15.2. The van der Waals surface area contributed by atoms with Gasteiger partial charge in [-0.15, -0.1) is 0 Å². The predicted octanol–water partition coefficient (Wildman–Crippen LogP) is 3.21. The van der Waals surface area contributed by atoms with Gasteiger partial charge in [0.2, 0.25) is 53.2 Å². The van der Waals surface area contributed by atoms with E-state index in [1.165, 1.54) is 92.0 Å². The van der Waals surface area contributed by atoms with E-state index in [1.807, 2.05) is 24.3 Å². The Morgan fingerprint density at radius 1 is 0.673 bits per heavy atom. The number of carbonyl (C=O) groups excluding carboxylic acids is 10. The van der Waals surface area contributed by atoms with E-state index in [9.17, 15) is 43.1 Å². The molecule has 104 heavy (non-hydrogen) atoms. The van der Waals surface area contributed by atoms with Crippen LogP contribution < -0.4 is 53.0 Å². The van der Waals surface area contributed by atoms with Crippen LogP contribution in [-0.2, 0) is 94.7 Å². The average molecular weight is 1470 g/mol. The third kappa shape index (κ3) is 21.7. The first-order valence-electron chi connectivity index (χ1n) is 34.0. The summed E-state index contributed by atoms with van der Waals surface area (Å²) in [6, 6.07) is 10.9. The molecule has 2 bridgehead atoms. The summed E-state index contributed by atoms with van der Waals surface area (Å²) >= 11 is 3.04. The minimum absolute atomic E-state index is 0.0452. The van der Waals surface area contributed by atoms with Crippen LogP contribution in [0.15, 0.2) is 110 Å². The second-order valence-electron chi connectivity index (χ2n) is 25.7. The highest BCUT2D eigenvalue weighted by molar-refractivity contribution is 7.98. The number of fused-ring (bicyclic) bond motifs is 5. The van der Waals surface area contributed by atoms with Gasteiger partial charge >= 0.3 is 5.97 Å². The number of imidazole rings is 1. The van der Waals surface area contributed by atoms with Gasteiger partial charge in [-0.1, -0.05) is 36.4 Å². The smallest absolute Gasteiger partial charge is 0.305 e. The van der Waals surface area contributed by atoms with Gasteiger partial charge in [0.25, 0.3) is 0 Å². The average Bonchev–Trinajstić information content (AvgIpc) is 1.60. The Balaban J connectivity index is 1.06. The quantitative estimate of drug-likeness (QED) is 0.0549. The molecule has 14 N–H and O–H groups in total. The van der Waals surface area contributed by atoms with Gasteiger partial charge in [-0.2, -0.15) is 23.5 Å². The third-order valence-corrected chi connectivity index (χ3v) is 20.0. The van der Waals surface area contributed by atoms with Crippen molar-refractivity contribution >= 4 is 110 Å². The normalized spacial score (nSPS) is 22.4. The molecule has 28 nitrogen and oxygen atoms in total. The van der Waals surface area contributed by atoms with Crippen molar-refractivity contribution in [3.05, 3.63) is 155 Å². The molecule has 9 amide bonds. The molecule has 0 saturated carbocycles. The number of ether oxygens (including phenoxy) is 2. The molecule has 0 spiro atoms. The zero-order valence-corrected chi connectivity index (χ0v) is 59.3. The summed E-state index contributed by atoms with van der Waals surface area (Å²) in [4.78, 5) is 173. The van der Waals surface area contributed by atoms with E-state index in [-0.39, 0.29) is 82.3 Å². The molecule has 8 atom stereocenters. The molecule has 7 aromatic rings. The van der Waals surface area contributed by atoms with Crippen LogP contribution in [0.2, 0.25) is 0 Å². The second kappa shape index (κ2) is 37.3. The van der Waals surface area contributed by atoms with Crippen molar-refractivity contribution in [3.8, 4) is 5.75 Å². The van der Waals surface area contributed by atoms with Gasteiger partial charge in [0.1, 0.15) is 71.8 Å². The third-order valence-electron chi connectivity index (χ3n) is 18.0. The van der Waals surface area contributed by atoms with Crippen molar-refractivity contribution in [1.29, 1.82) is 0 Å². The largest absolute Gasteiger partial charge is 0.497 e. The fraction of sp³-hybridized carbons (Fsp3) is 0.417. The number of nitrogens with zero attached hydrogens (tertiary/aromatic N) is 2. The van der Waals surface area contributed by atoms with Crippen molar-refractivity contribution in [2.45, 2.75) is 137 Å². The van der Waals surface area contributed by atoms with Crippen LogP contribution in [-0.4, -0.2) is 194 Å². The number of hydrogen-bond acceptors (Lipinski definition) is 17. The van der Waals surface area contributed by atoms with Crippen molar-refractivity contribution in [2.75, 3.05) is 51.5 Å². The number of amides is 9. The molecule has 0 aliphatic carbocycles. The Morgan fingerprint density at radius 3 is 1.85 bits per heavy atom. The van der Waals surface area contributed by atoms with Crippen LogP contribution in [0, 0.1) is 11.6 Å². The summed E-state index contributed by atoms with van der Waals surface area (Å²) in [5.74, 6) is -8.71. The van der Waals surface area contributed by atoms with E-state index in [4.69, 9.17) is 15.2 Å². The second-order valence-corrected chi connectivity index (χ2v) is 27.9. The highest BCUT2D eigenvalue weighted by atomic mass is 32.2. The molecule has 0 radical (unpaired) electrons. The fourth-order valence-corrected chi connectivity index (χ4v) is 14.1. The molecule has 9 rings (SSSR count). The molecule has 1 fully saturated rings. The molecule has 0 unspecified atom stereocenters. The van der Waals surface area contributed by atoms with Crippen molar-refractivity contribution in [1.82, 2.24) is 67.4 Å². The first-order chi connectivity index (χ1) is 50.0. The van der Waals surface area contributed by atoms with E-state index in [1.54, 1.807) is 43.0 Å². The van der Waals surface area contributed by atoms with E-state index in [0.29, 0.717) is 68.4 Å². The number of thioether (sulfide) groups is 2. The Kier molecular flexibility index (Phi) is 28.0. The maximum Gasteiger partial charge on any atom is 0.305 e. The Bertz CT molecular complexity index is 4220. The molecule has 4 aromatic carbocycles. The lowest BCUT2D eigenvalue weighted by atomic mass is 9.95. The highest BCUT2D eigenvalue weighted by Crippen LogP contribution is 2.31. The number of aromatic nitrogens is 4. The minimum atomic E-state index is -2.03. The number of carbonyl (C=O) groups is 11. The summed E-state index contributed by atoms with van der Waals surface area (Å²) in [7, 11) is 1.48. The number of halogens is 2. The first kappa shape index (κ1) is 78.0. The molecule has 5 heterocycles. The lowest BCUT2D eigenvalue weighted by Crippen LogP contribution is -2.62. The number of methoxy groups -OCH3 is 1. The fourth-order valence-electron chi connectivity index (χ4n) is 12.4. The van der Waals surface area contributed by atoms with E-state index in [2.05, 4.69) is 62.5 Å². The van der Waals surface area contributed by atoms with Crippen molar-refractivity contribution in [2.24, 2.45) is 5.73 Å². The van der Waals surface area contributed by atoms with Gasteiger partial charge in [0.05, 0.1) is 26.5 Å². The lowest BCUT2D eigenvalue weighted by Gasteiger charge is -2.36. The highest BCUT2D eigenvalue weighted by Gasteiger charge is 2.48. The van der Waals surface area contributed by atoms with Crippen LogP contribution in [0.4, 0.5) is 8.78 Å². The summed E-state index contributed by atoms with van der Waals surface area (Å²) in [5, 5.41) is 32.4. The topological polar surface area (TPSA) is 412 Å². The number of rotatable bonds is 18. The number of carboxylic acid groups (broad SMARTS) is 1. The van der Waals surface area contributed by atoms with Crippen LogP contribution in [0.1, 0.15) is 85.9 Å². The Labute approximate surface area is 606 Å². The monoisotopic (exact) mass is 1470 g/mol. The van der Waals surface area contributed by atoms with Gasteiger partial charge in [-0.3, -0.25) is 52.7 Å². The molecule has 1 saturated heterocycles. The molecule has 554 valence electrons. The van der Waals surface area contributed by atoms with Gasteiger partial charge < -0.3 is 82.7 Å². The molecular formula is C72H86F2N14O14S2. The zero-order valence-electron chi connectivity index (χ0n) is 57.7. The van der Waals surface area contributed by atoms with Crippen LogP contribution in [0.5, 0.6) is 5.75 Å². The van der Waals surface area contributed by atoms with E-state index >= 15 is 23.6 Å². The van der Waals surface area contributed by atoms with Gasteiger partial charge in [0, 0.05) is 127 Å². The first-order valence-corrected chi connectivity index (χ1v) is 36.4. The number of aliphatic carboxylic acids is 1.